The van der Waals surface area contributed by atoms with E-state index in [4.69, 9.17) is 4.74 Å². The van der Waals surface area contributed by atoms with E-state index in [1.165, 1.54) is 20.8 Å². The maximum Gasteiger partial charge on any atom is 0.405 e. The molecule has 0 spiro atoms. The highest BCUT2D eigenvalue weighted by Crippen LogP contribution is 2.52. The van der Waals surface area contributed by atoms with Crippen LogP contribution in [0, 0.1) is 10.8 Å². The highest BCUT2D eigenvalue weighted by atomic mass is 19.4. The molecule has 5 heteroatoms. The molecule has 1 rings (SSSR count). The van der Waals surface area contributed by atoms with Crippen molar-refractivity contribution in [2.45, 2.75) is 78.5 Å². The predicted octanol–water partition coefficient (Wildman–Crippen LogP) is 4.87. The van der Waals surface area contributed by atoms with Crippen molar-refractivity contribution < 1.29 is 22.7 Å². The van der Waals surface area contributed by atoms with Gasteiger partial charge in [0.05, 0.1) is 0 Å². The van der Waals surface area contributed by atoms with Crippen molar-refractivity contribution in [3.8, 4) is 0 Å². The van der Waals surface area contributed by atoms with E-state index in [2.05, 4.69) is 0 Å². The number of rotatable bonds is 2. The largest absolute Gasteiger partial charge is 0.459 e. The van der Waals surface area contributed by atoms with Gasteiger partial charge < -0.3 is 4.74 Å². The predicted molar refractivity (Wildman–Crippen MR) is 71.2 cm³/mol. The lowest BCUT2D eigenvalue weighted by Gasteiger charge is -2.43. The van der Waals surface area contributed by atoms with Gasteiger partial charge in [-0.15, -0.1) is 0 Å². The monoisotopic (exact) mass is 294 g/mol. The Kier molecular flexibility index (Phi) is 4.52. The number of ether oxygens (including phenoxy) is 1. The highest BCUT2D eigenvalue weighted by Gasteiger charge is 2.64. The first-order chi connectivity index (χ1) is 8.83. The molecule has 0 radical (unpaired) electrons. The van der Waals surface area contributed by atoms with Crippen molar-refractivity contribution in [3.63, 3.8) is 0 Å². The normalized spacial score (nSPS) is 23.0. The van der Waals surface area contributed by atoms with E-state index in [0.717, 1.165) is 26.2 Å². The van der Waals surface area contributed by atoms with Crippen LogP contribution in [0.25, 0.3) is 0 Å². The van der Waals surface area contributed by atoms with Crippen LogP contribution in [-0.4, -0.2) is 17.7 Å². The topological polar surface area (TPSA) is 26.3 Å². The van der Waals surface area contributed by atoms with Gasteiger partial charge in [0.1, 0.15) is 5.60 Å². The van der Waals surface area contributed by atoms with Crippen molar-refractivity contribution in [2.75, 3.05) is 0 Å². The number of esters is 1. The molecular formula is C15H25F3O2. The second-order valence-corrected chi connectivity index (χ2v) is 7.27. The molecule has 0 N–H and O–H groups in total. The fraction of sp³-hybridized carbons (Fsp3) is 0.933. The molecule has 20 heavy (non-hydrogen) atoms. The van der Waals surface area contributed by atoms with Crippen LogP contribution >= 0.6 is 0 Å². The van der Waals surface area contributed by atoms with Crippen LogP contribution in [0.2, 0.25) is 0 Å². The minimum Gasteiger partial charge on any atom is -0.459 e. The Labute approximate surface area is 119 Å². The molecule has 118 valence electrons. The summed E-state index contributed by atoms with van der Waals surface area (Å²) in [5.74, 6) is -1.15. The van der Waals surface area contributed by atoms with Gasteiger partial charge in [-0.3, -0.25) is 4.79 Å². The van der Waals surface area contributed by atoms with E-state index in [1.54, 1.807) is 6.92 Å². The molecule has 0 aromatic heterocycles. The van der Waals surface area contributed by atoms with Gasteiger partial charge in [0.15, 0.2) is 5.41 Å². The molecule has 0 saturated heterocycles. The molecule has 1 aliphatic carbocycles. The third-order valence-electron chi connectivity index (χ3n) is 4.73. The summed E-state index contributed by atoms with van der Waals surface area (Å²) in [6.45, 7) is 6.95. The first-order valence-corrected chi connectivity index (χ1v) is 7.14. The highest BCUT2D eigenvalue weighted by molar-refractivity contribution is 5.79. The summed E-state index contributed by atoms with van der Waals surface area (Å²) in [4.78, 5) is 12.3. The van der Waals surface area contributed by atoms with Gasteiger partial charge >= 0.3 is 12.1 Å². The van der Waals surface area contributed by atoms with Gasteiger partial charge in [0.2, 0.25) is 0 Å². The van der Waals surface area contributed by atoms with Crippen LogP contribution in [0.3, 0.4) is 0 Å². The van der Waals surface area contributed by atoms with E-state index in [-0.39, 0.29) is 0 Å². The van der Waals surface area contributed by atoms with E-state index < -0.39 is 28.6 Å². The average molecular weight is 294 g/mol. The van der Waals surface area contributed by atoms with E-state index in [0.29, 0.717) is 12.8 Å². The number of hydrogen-bond donors (Lipinski definition) is 0. The summed E-state index contributed by atoms with van der Waals surface area (Å²) in [6, 6.07) is 0. The Morgan fingerprint density at radius 2 is 1.45 bits per heavy atom. The van der Waals surface area contributed by atoms with Crippen molar-refractivity contribution in [1.82, 2.24) is 0 Å². The molecule has 0 bridgehead atoms. The Balaban J connectivity index is 3.02. The lowest BCUT2D eigenvalue weighted by atomic mass is 9.67. The van der Waals surface area contributed by atoms with Crippen molar-refractivity contribution >= 4 is 5.97 Å². The summed E-state index contributed by atoms with van der Waals surface area (Å²) in [7, 11) is 0. The number of hydrogen-bond acceptors (Lipinski definition) is 2. The van der Waals surface area contributed by atoms with Crippen LogP contribution in [0.4, 0.5) is 13.2 Å². The summed E-state index contributed by atoms with van der Waals surface area (Å²) in [5.41, 5.74) is -4.51. The van der Waals surface area contributed by atoms with E-state index >= 15 is 0 Å². The van der Waals surface area contributed by atoms with Crippen molar-refractivity contribution in [3.05, 3.63) is 0 Å². The summed E-state index contributed by atoms with van der Waals surface area (Å²) >= 11 is 0. The fourth-order valence-electron chi connectivity index (χ4n) is 2.57. The maximum absolute atomic E-state index is 13.4. The second kappa shape index (κ2) is 5.23. The number of carbonyl (C=O) groups excluding carboxylic acids is 1. The zero-order valence-electron chi connectivity index (χ0n) is 13.0. The third-order valence-corrected chi connectivity index (χ3v) is 4.73. The zero-order valence-corrected chi connectivity index (χ0v) is 13.0. The Bertz CT molecular complexity index is 346. The quantitative estimate of drug-likeness (QED) is 0.679. The Hall–Kier alpha value is -0.740. The molecule has 2 nitrogen and oxygen atoms in total. The van der Waals surface area contributed by atoms with Crippen molar-refractivity contribution in [1.29, 1.82) is 0 Å². The molecule has 1 unspecified atom stereocenters. The van der Waals surface area contributed by atoms with Crippen LogP contribution in [0.1, 0.15) is 66.7 Å². The van der Waals surface area contributed by atoms with E-state index in [1.807, 2.05) is 0 Å². The van der Waals surface area contributed by atoms with Gasteiger partial charge in [-0.2, -0.15) is 13.2 Å². The molecule has 1 aliphatic rings. The molecule has 0 aromatic carbocycles. The van der Waals surface area contributed by atoms with Crippen LogP contribution in [0.15, 0.2) is 0 Å². The fourth-order valence-corrected chi connectivity index (χ4v) is 2.57. The maximum atomic E-state index is 13.4. The van der Waals surface area contributed by atoms with Crippen LogP contribution in [-0.2, 0) is 9.53 Å². The second-order valence-electron chi connectivity index (χ2n) is 7.27. The summed E-state index contributed by atoms with van der Waals surface area (Å²) in [6.07, 6.45) is -0.534. The van der Waals surface area contributed by atoms with Gasteiger partial charge in [0, 0.05) is 0 Å². The lowest BCUT2D eigenvalue weighted by Crippen LogP contribution is -2.54. The molecule has 0 amide bonds. The Morgan fingerprint density at radius 3 is 1.80 bits per heavy atom. The smallest absolute Gasteiger partial charge is 0.405 e. The zero-order chi connectivity index (χ0) is 15.8. The first-order valence-electron chi connectivity index (χ1n) is 7.14. The van der Waals surface area contributed by atoms with Gasteiger partial charge in [0.25, 0.3) is 0 Å². The molecule has 0 heterocycles. The van der Waals surface area contributed by atoms with Crippen LogP contribution in [0.5, 0.6) is 0 Å². The minimum atomic E-state index is -4.63. The third kappa shape index (κ3) is 3.12. The van der Waals surface area contributed by atoms with Crippen LogP contribution < -0.4 is 0 Å². The molecular weight excluding hydrogens is 269 g/mol. The van der Waals surface area contributed by atoms with Gasteiger partial charge in [-0.1, -0.05) is 27.2 Å². The summed E-state index contributed by atoms with van der Waals surface area (Å²) in [5, 5.41) is 0. The standard InChI is InChI=1S/C15H25F3O2/c1-12(2,3)14(5,15(16,17)18)11(19)20-13(4)9-7-6-8-10-13/h6-10H2,1-5H3. The number of halogens is 3. The number of alkyl halides is 3. The molecule has 0 aromatic rings. The molecule has 0 aliphatic heterocycles. The average Bonchev–Trinajstić information content (AvgIpc) is 2.25. The van der Waals surface area contributed by atoms with E-state index in [9.17, 15) is 18.0 Å². The Morgan fingerprint density at radius 1 is 1.00 bits per heavy atom. The minimum absolute atomic E-state index is 0.636. The summed E-state index contributed by atoms with van der Waals surface area (Å²) < 4.78 is 45.6. The lowest BCUT2D eigenvalue weighted by molar-refractivity contribution is -0.261. The van der Waals surface area contributed by atoms with Gasteiger partial charge in [-0.25, -0.2) is 0 Å². The molecule has 1 fully saturated rings. The number of carbonyl (C=O) groups is 1. The molecule has 1 saturated carbocycles. The first kappa shape index (κ1) is 17.3. The van der Waals surface area contributed by atoms with Crippen molar-refractivity contribution in [2.24, 2.45) is 10.8 Å². The van der Waals surface area contributed by atoms with Gasteiger partial charge in [-0.05, 0) is 44.9 Å². The molecule has 1 atom stereocenters. The SMILES string of the molecule is CC1(OC(=O)C(C)(C(C)(C)C)C(F)(F)F)CCCCC1.